The van der Waals surface area contributed by atoms with Gasteiger partial charge in [-0.05, 0) is 25.0 Å². The summed E-state index contributed by atoms with van der Waals surface area (Å²) in [6.07, 6.45) is 4.32. The molecule has 0 radical (unpaired) electrons. The second-order valence-corrected chi connectivity index (χ2v) is 5.66. The number of amides is 1. The van der Waals surface area contributed by atoms with E-state index in [1.807, 2.05) is 6.07 Å². The lowest BCUT2D eigenvalue weighted by atomic mass is 9.82. The fourth-order valence-electron chi connectivity index (χ4n) is 2.70. The van der Waals surface area contributed by atoms with Crippen LogP contribution in [-0.4, -0.2) is 16.6 Å². The molecule has 1 amide bonds. The number of carbonyl (C=O) groups excluding carboxylic acids is 1. The van der Waals surface area contributed by atoms with Gasteiger partial charge in [-0.3, -0.25) is 4.79 Å². The lowest BCUT2D eigenvalue weighted by molar-refractivity contribution is -0.127. The molecule has 112 valence electrons. The molecule has 1 aromatic rings. The Bertz CT molecular complexity index is 560. The van der Waals surface area contributed by atoms with E-state index in [9.17, 15) is 14.3 Å². The number of nitrogens with zero attached hydrogens (tertiary/aromatic N) is 1. The summed E-state index contributed by atoms with van der Waals surface area (Å²) in [6, 6.07) is 6.01. The molecule has 1 fully saturated rings. The fraction of sp³-hybridized carbons (Fsp3) is 0.500. The first kappa shape index (κ1) is 15.5. The van der Waals surface area contributed by atoms with E-state index in [-0.39, 0.29) is 24.4 Å². The molecule has 1 aliphatic carbocycles. The topological polar surface area (TPSA) is 73.1 Å². The van der Waals surface area contributed by atoms with E-state index in [1.165, 1.54) is 12.1 Å². The Kier molecular flexibility index (Phi) is 4.92. The lowest BCUT2D eigenvalue weighted by Gasteiger charge is -2.31. The van der Waals surface area contributed by atoms with Crippen LogP contribution in [0.2, 0.25) is 0 Å². The van der Waals surface area contributed by atoms with Crippen LogP contribution in [0.15, 0.2) is 18.2 Å². The first-order valence-electron chi connectivity index (χ1n) is 7.20. The van der Waals surface area contributed by atoms with Crippen molar-refractivity contribution < 1.29 is 14.3 Å². The lowest BCUT2D eigenvalue weighted by Crippen LogP contribution is -2.38. The minimum absolute atomic E-state index is 0.0604. The smallest absolute Gasteiger partial charge is 0.223 e. The zero-order valence-corrected chi connectivity index (χ0v) is 11.9. The molecule has 1 aliphatic rings. The normalized spacial score (nSPS) is 17.0. The number of carbonyl (C=O) groups is 1. The van der Waals surface area contributed by atoms with Gasteiger partial charge in [-0.15, -0.1) is 0 Å². The molecule has 21 heavy (non-hydrogen) atoms. The summed E-state index contributed by atoms with van der Waals surface area (Å²) in [6.45, 7) is 0.0620. The van der Waals surface area contributed by atoms with Crippen molar-refractivity contribution in [3.05, 3.63) is 35.1 Å². The number of hydrogen-bond donors (Lipinski definition) is 2. The van der Waals surface area contributed by atoms with Gasteiger partial charge in [0.1, 0.15) is 5.82 Å². The Morgan fingerprint density at radius 2 is 2.10 bits per heavy atom. The predicted molar refractivity (Wildman–Crippen MR) is 75.6 cm³/mol. The summed E-state index contributed by atoms with van der Waals surface area (Å²) in [5.74, 6) is -0.783. The zero-order chi connectivity index (χ0) is 15.3. The van der Waals surface area contributed by atoms with Crippen LogP contribution < -0.4 is 5.32 Å². The number of nitrogens with one attached hydrogen (secondary N) is 1. The van der Waals surface area contributed by atoms with Crippen molar-refractivity contribution in [3.63, 3.8) is 0 Å². The highest BCUT2D eigenvalue weighted by atomic mass is 19.1. The van der Waals surface area contributed by atoms with Gasteiger partial charge < -0.3 is 10.4 Å². The minimum atomic E-state index is -0.911. The second kappa shape index (κ2) is 6.68. The highest BCUT2D eigenvalue weighted by Crippen LogP contribution is 2.30. The van der Waals surface area contributed by atoms with Crippen molar-refractivity contribution in [1.82, 2.24) is 5.32 Å². The van der Waals surface area contributed by atoms with Crippen LogP contribution in [0, 0.1) is 17.1 Å². The number of hydrogen-bond acceptors (Lipinski definition) is 3. The molecule has 2 N–H and O–H groups in total. The third-order valence-electron chi connectivity index (χ3n) is 3.93. The maximum atomic E-state index is 13.7. The third-order valence-corrected chi connectivity index (χ3v) is 3.93. The van der Waals surface area contributed by atoms with Crippen LogP contribution >= 0.6 is 0 Å². The largest absolute Gasteiger partial charge is 0.389 e. The van der Waals surface area contributed by atoms with Crippen LogP contribution in [0.1, 0.15) is 49.7 Å². The molecule has 0 heterocycles. The van der Waals surface area contributed by atoms with Gasteiger partial charge in [-0.1, -0.05) is 25.3 Å². The Morgan fingerprint density at radius 1 is 1.38 bits per heavy atom. The van der Waals surface area contributed by atoms with Crippen LogP contribution in [0.4, 0.5) is 4.39 Å². The van der Waals surface area contributed by atoms with E-state index < -0.39 is 11.4 Å². The van der Waals surface area contributed by atoms with E-state index in [0.29, 0.717) is 18.4 Å². The van der Waals surface area contributed by atoms with E-state index in [1.54, 1.807) is 0 Å². The van der Waals surface area contributed by atoms with Gasteiger partial charge in [0.2, 0.25) is 5.91 Å². The van der Waals surface area contributed by atoms with Crippen LogP contribution in [-0.2, 0) is 11.3 Å². The van der Waals surface area contributed by atoms with Gasteiger partial charge in [0.05, 0.1) is 23.7 Å². The molecule has 0 aromatic heterocycles. The monoisotopic (exact) mass is 290 g/mol. The molecule has 0 atom stereocenters. The number of nitriles is 1. The van der Waals surface area contributed by atoms with Crippen molar-refractivity contribution in [3.8, 4) is 6.07 Å². The molecule has 0 unspecified atom stereocenters. The van der Waals surface area contributed by atoms with Crippen LogP contribution in [0.5, 0.6) is 0 Å². The van der Waals surface area contributed by atoms with Crippen molar-refractivity contribution >= 4 is 5.91 Å². The van der Waals surface area contributed by atoms with Crippen molar-refractivity contribution in [1.29, 1.82) is 5.26 Å². The predicted octanol–water partition coefficient (Wildman–Crippen LogP) is 2.40. The average molecular weight is 290 g/mol. The quantitative estimate of drug-likeness (QED) is 0.894. The summed E-state index contributed by atoms with van der Waals surface area (Å²) in [7, 11) is 0. The highest BCUT2D eigenvalue weighted by molar-refractivity contribution is 5.77. The molecule has 0 saturated heterocycles. The summed E-state index contributed by atoms with van der Waals surface area (Å²) < 4.78 is 13.7. The number of aliphatic hydroxyl groups is 1. The number of halogens is 1. The molecule has 2 rings (SSSR count). The first-order chi connectivity index (χ1) is 10.0. The Labute approximate surface area is 123 Å². The molecule has 4 nitrogen and oxygen atoms in total. The zero-order valence-electron chi connectivity index (χ0n) is 11.9. The standard InChI is InChI=1S/C16H19FN2O2/c17-14-8-12(10-18)4-5-13(14)11-19-15(20)9-16(21)6-2-1-3-7-16/h4-5,8,21H,1-3,6-7,9,11H2,(H,19,20). The summed E-state index contributed by atoms with van der Waals surface area (Å²) in [5.41, 5.74) is -0.331. The van der Waals surface area contributed by atoms with Gasteiger partial charge in [0, 0.05) is 12.1 Å². The number of benzene rings is 1. The van der Waals surface area contributed by atoms with Crippen LogP contribution in [0.3, 0.4) is 0 Å². The Hall–Kier alpha value is -1.93. The van der Waals surface area contributed by atoms with E-state index >= 15 is 0 Å². The maximum Gasteiger partial charge on any atom is 0.223 e. The van der Waals surface area contributed by atoms with E-state index in [0.717, 1.165) is 25.3 Å². The van der Waals surface area contributed by atoms with Crippen molar-refractivity contribution in [2.45, 2.75) is 50.7 Å². The first-order valence-corrected chi connectivity index (χ1v) is 7.20. The van der Waals surface area contributed by atoms with Gasteiger partial charge >= 0.3 is 0 Å². The third kappa shape index (κ3) is 4.27. The Balaban J connectivity index is 1.88. The van der Waals surface area contributed by atoms with Crippen molar-refractivity contribution in [2.75, 3.05) is 0 Å². The van der Waals surface area contributed by atoms with E-state index in [4.69, 9.17) is 5.26 Å². The van der Waals surface area contributed by atoms with Gasteiger partial charge in [-0.25, -0.2) is 4.39 Å². The average Bonchev–Trinajstić information content (AvgIpc) is 2.46. The van der Waals surface area contributed by atoms with Gasteiger partial charge in [0.25, 0.3) is 0 Å². The molecular weight excluding hydrogens is 271 g/mol. The molecular formula is C16H19FN2O2. The summed E-state index contributed by atoms with van der Waals surface area (Å²) in [4.78, 5) is 11.9. The van der Waals surface area contributed by atoms with Crippen molar-refractivity contribution in [2.24, 2.45) is 0 Å². The number of rotatable bonds is 4. The molecule has 0 spiro atoms. The molecule has 5 heteroatoms. The molecule has 0 aliphatic heterocycles. The second-order valence-electron chi connectivity index (χ2n) is 5.66. The molecule has 1 saturated carbocycles. The van der Waals surface area contributed by atoms with Crippen LogP contribution in [0.25, 0.3) is 0 Å². The minimum Gasteiger partial charge on any atom is -0.389 e. The fourth-order valence-corrected chi connectivity index (χ4v) is 2.70. The van der Waals surface area contributed by atoms with Gasteiger partial charge in [-0.2, -0.15) is 5.26 Å². The highest BCUT2D eigenvalue weighted by Gasteiger charge is 2.31. The SMILES string of the molecule is N#Cc1ccc(CNC(=O)CC2(O)CCCCC2)c(F)c1. The van der Waals surface area contributed by atoms with E-state index in [2.05, 4.69) is 5.32 Å². The molecule has 0 bridgehead atoms. The van der Waals surface area contributed by atoms with Gasteiger partial charge in [0.15, 0.2) is 0 Å². The Morgan fingerprint density at radius 3 is 2.71 bits per heavy atom. The summed E-state index contributed by atoms with van der Waals surface area (Å²) >= 11 is 0. The molecule has 1 aromatic carbocycles. The summed E-state index contributed by atoms with van der Waals surface area (Å²) in [5, 5.41) is 21.6. The maximum absolute atomic E-state index is 13.7.